The Morgan fingerprint density at radius 1 is 1.30 bits per heavy atom. The molecule has 7 heteroatoms. The first-order valence-electron chi connectivity index (χ1n) is 9.89. The standard InChI is InChI=1S/C20H25BrO6/c1-17(2,24)12-13(21)15-20(27-15)18(3)5-4-8-9(7-25-16(8)23)10(18)6-11-19(20,26-11)14(12)22/h10-15,22,24H,4-7H2,1-3H3/t10?,11-,12+,13-,14+,15-,18-,19+,20+/m0/s1. The topological polar surface area (TPSA) is 91.8 Å². The number of alkyl halides is 1. The molecule has 0 bridgehead atoms. The van der Waals surface area contributed by atoms with E-state index in [0.717, 1.165) is 24.0 Å². The number of carbonyl (C=O) groups excluding carboxylic acids is 1. The highest BCUT2D eigenvalue weighted by Gasteiger charge is 2.94. The number of hydrogen-bond acceptors (Lipinski definition) is 6. The van der Waals surface area contributed by atoms with Crippen molar-refractivity contribution in [3.05, 3.63) is 11.1 Å². The van der Waals surface area contributed by atoms with Crippen LogP contribution in [-0.4, -0.2) is 62.7 Å². The van der Waals surface area contributed by atoms with Crippen LogP contribution in [0.5, 0.6) is 0 Å². The van der Waals surface area contributed by atoms with Gasteiger partial charge in [0.15, 0.2) is 5.60 Å². The summed E-state index contributed by atoms with van der Waals surface area (Å²) in [6.07, 6.45) is 1.25. The maximum Gasteiger partial charge on any atom is 0.334 e. The van der Waals surface area contributed by atoms with Crippen LogP contribution in [-0.2, 0) is 19.0 Å². The first-order valence-corrected chi connectivity index (χ1v) is 10.8. The summed E-state index contributed by atoms with van der Waals surface area (Å²) in [5.74, 6) is -0.377. The van der Waals surface area contributed by atoms with Crippen molar-refractivity contribution in [2.24, 2.45) is 17.3 Å². The molecule has 0 aromatic carbocycles. The monoisotopic (exact) mass is 440 g/mol. The first-order chi connectivity index (χ1) is 12.6. The number of halogens is 1. The summed E-state index contributed by atoms with van der Waals surface area (Å²) in [5.41, 5.74) is -0.642. The largest absolute Gasteiger partial charge is 0.458 e. The molecule has 148 valence electrons. The Morgan fingerprint density at radius 3 is 2.74 bits per heavy atom. The van der Waals surface area contributed by atoms with Crippen LogP contribution in [0.3, 0.4) is 0 Å². The van der Waals surface area contributed by atoms with Gasteiger partial charge in [-0.3, -0.25) is 0 Å². The van der Waals surface area contributed by atoms with E-state index in [-0.39, 0.29) is 40.3 Å². The van der Waals surface area contributed by atoms with E-state index in [0.29, 0.717) is 13.0 Å². The molecule has 2 N–H and O–H groups in total. The summed E-state index contributed by atoms with van der Waals surface area (Å²) < 4.78 is 18.1. The van der Waals surface area contributed by atoms with Crippen LogP contribution >= 0.6 is 15.9 Å². The van der Waals surface area contributed by atoms with E-state index in [9.17, 15) is 15.0 Å². The van der Waals surface area contributed by atoms with E-state index in [4.69, 9.17) is 14.2 Å². The van der Waals surface area contributed by atoms with Crippen molar-refractivity contribution in [1.29, 1.82) is 0 Å². The van der Waals surface area contributed by atoms with Crippen molar-refractivity contribution in [3.8, 4) is 0 Å². The van der Waals surface area contributed by atoms with Crippen molar-refractivity contribution in [3.63, 3.8) is 0 Å². The lowest BCUT2D eigenvalue weighted by Crippen LogP contribution is -2.70. The number of rotatable bonds is 1. The van der Waals surface area contributed by atoms with Gasteiger partial charge in [-0.05, 0) is 44.6 Å². The highest BCUT2D eigenvalue weighted by molar-refractivity contribution is 9.09. The van der Waals surface area contributed by atoms with Crippen molar-refractivity contribution < 1.29 is 29.2 Å². The van der Waals surface area contributed by atoms with Gasteiger partial charge in [-0.15, -0.1) is 0 Å². The Labute approximate surface area is 166 Å². The second-order valence-electron chi connectivity index (χ2n) is 10.0. The van der Waals surface area contributed by atoms with Gasteiger partial charge in [-0.25, -0.2) is 4.79 Å². The van der Waals surface area contributed by atoms with Gasteiger partial charge in [0, 0.05) is 16.9 Å². The molecule has 4 fully saturated rings. The molecule has 3 aliphatic heterocycles. The minimum Gasteiger partial charge on any atom is -0.458 e. The number of aliphatic hydroxyl groups is 2. The van der Waals surface area contributed by atoms with Crippen LogP contribution in [0.2, 0.25) is 0 Å². The Bertz CT molecular complexity index is 803. The second-order valence-corrected chi connectivity index (χ2v) is 11.1. The number of hydrogen-bond donors (Lipinski definition) is 2. The lowest BCUT2D eigenvalue weighted by molar-refractivity contribution is -0.136. The normalized spacial score (nSPS) is 57.8. The van der Waals surface area contributed by atoms with Gasteiger partial charge in [-0.1, -0.05) is 22.9 Å². The number of cyclic esters (lactones) is 1. The van der Waals surface area contributed by atoms with Gasteiger partial charge in [0.2, 0.25) is 0 Å². The zero-order valence-electron chi connectivity index (χ0n) is 15.7. The average Bonchev–Trinajstić information content (AvgIpc) is 3.44. The van der Waals surface area contributed by atoms with E-state index in [1.165, 1.54) is 0 Å². The molecular weight excluding hydrogens is 416 g/mol. The fourth-order valence-corrected chi connectivity index (χ4v) is 8.75. The third-order valence-corrected chi connectivity index (χ3v) is 9.65. The molecule has 6 aliphatic rings. The lowest BCUT2D eigenvalue weighted by Gasteiger charge is -2.55. The van der Waals surface area contributed by atoms with Crippen LogP contribution in [0.4, 0.5) is 0 Å². The molecule has 2 saturated carbocycles. The van der Waals surface area contributed by atoms with E-state index < -0.39 is 22.9 Å². The molecule has 6 rings (SSSR count). The molecule has 0 aromatic heterocycles. The van der Waals surface area contributed by atoms with E-state index in [2.05, 4.69) is 22.9 Å². The fourth-order valence-electron chi connectivity index (χ4n) is 7.34. The molecule has 3 heterocycles. The average molecular weight is 441 g/mol. The zero-order chi connectivity index (χ0) is 19.1. The van der Waals surface area contributed by atoms with Gasteiger partial charge < -0.3 is 24.4 Å². The summed E-state index contributed by atoms with van der Waals surface area (Å²) in [4.78, 5) is 11.9. The molecule has 2 saturated heterocycles. The smallest absolute Gasteiger partial charge is 0.334 e. The maximum atomic E-state index is 12.1. The molecule has 9 atom stereocenters. The summed E-state index contributed by atoms with van der Waals surface area (Å²) in [7, 11) is 0. The fraction of sp³-hybridized carbons (Fsp3) is 0.850. The number of fused-ring (bicyclic) bond motifs is 2. The van der Waals surface area contributed by atoms with Gasteiger partial charge in [-0.2, -0.15) is 0 Å². The summed E-state index contributed by atoms with van der Waals surface area (Å²) >= 11 is 3.75. The summed E-state index contributed by atoms with van der Waals surface area (Å²) in [5, 5.41) is 22.1. The maximum absolute atomic E-state index is 12.1. The minimum atomic E-state index is -1.05. The number of esters is 1. The van der Waals surface area contributed by atoms with Crippen LogP contribution in [0.15, 0.2) is 11.1 Å². The lowest BCUT2D eigenvalue weighted by atomic mass is 9.46. The summed E-state index contributed by atoms with van der Waals surface area (Å²) in [6.45, 7) is 6.10. The quantitative estimate of drug-likeness (QED) is 0.364. The van der Waals surface area contributed by atoms with Crippen LogP contribution in [0.25, 0.3) is 0 Å². The third kappa shape index (κ3) is 1.65. The molecule has 0 aromatic rings. The SMILES string of the molecule is CC(C)(O)[C@@H]1[C@H](Br)[C@@H]2O[C@]23[C@]2(O[C@H]2CC2C4=C(CC[C@@]23C)C(=O)OC4)[C@@H]1O. The molecule has 0 radical (unpaired) electrons. The van der Waals surface area contributed by atoms with Crippen molar-refractivity contribution in [2.75, 3.05) is 6.61 Å². The minimum absolute atomic E-state index is 0.108. The summed E-state index contributed by atoms with van der Waals surface area (Å²) in [6, 6.07) is 0. The third-order valence-electron chi connectivity index (χ3n) is 8.60. The molecular formula is C20H25BrO6. The number of epoxide rings is 2. The van der Waals surface area contributed by atoms with Crippen LogP contribution < -0.4 is 0 Å². The zero-order valence-corrected chi connectivity index (χ0v) is 17.3. The molecule has 1 unspecified atom stereocenters. The van der Waals surface area contributed by atoms with Gasteiger partial charge >= 0.3 is 5.97 Å². The molecule has 3 aliphatic carbocycles. The Kier molecular flexibility index (Phi) is 2.99. The number of aliphatic hydroxyl groups excluding tert-OH is 1. The molecule has 2 spiro atoms. The predicted octanol–water partition coefficient (Wildman–Crippen LogP) is 1.46. The predicted molar refractivity (Wildman–Crippen MR) is 97.2 cm³/mol. The van der Waals surface area contributed by atoms with Crippen molar-refractivity contribution >= 4 is 21.9 Å². The van der Waals surface area contributed by atoms with E-state index >= 15 is 0 Å². The van der Waals surface area contributed by atoms with E-state index in [1.807, 2.05) is 0 Å². The first kappa shape index (κ1) is 17.4. The van der Waals surface area contributed by atoms with Crippen LogP contribution in [0, 0.1) is 17.3 Å². The van der Waals surface area contributed by atoms with Crippen molar-refractivity contribution in [1.82, 2.24) is 0 Å². The van der Waals surface area contributed by atoms with Gasteiger partial charge in [0.05, 0.1) is 22.6 Å². The highest BCUT2D eigenvalue weighted by atomic mass is 79.9. The molecule has 27 heavy (non-hydrogen) atoms. The highest BCUT2D eigenvalue weighted by Crippen LogP contribution is 2.80. The Hall–Kier alpha value is -0.470. The second kappa shape index (κ2) is 4.64. The van der Waals surface area contributed by atoms with Gasteiger partial charge in [0.1, 0.15) is 18.3 Å². The van der Waals surface area contributed by atoms with Gasteiger partial charge in [0.25, 0.3) is 0 Å². The molecule has 6 nitrogen and oxygen atoms in total. The Morgan fingerprint density at radius 2 is 2.04 bits per heavy atom. The molecule has 0 amide bonds. The number of ether oxygens (including phenoxy) is 3. The van der Waals surface area contributed by atoms with Crippen molar-refractivity contribution in [2.45, 2.75) is 80.0 Å². The number of carbonyl (C=O) groups is 1. The Balaban J connectivity index is 1.48. The van der Waals surface area contributed by atoms with Crippen LogP contribution in [0.1, 0.15) is 40.0 Å². The van der Waals surface area contributed by atoms with E-state index in [1.54, 1.807) is 13.8 Å².